The summed E-state index contributed by atoms with van der Waals surface area (Å²) in [6.07, 6.45) is 0.498. The summed E-state index contributed by atoms with van der Waals surface area (Å²) >= 11 is 0. The fourth-order valence-electron chi connectivity index (χ4n) is 3.38. The van der Waals surface area contributed by atoms with Gasteiger partial charge in [0.05, 0.1) is 18.4 Å². The van der Waals surface area contributed by atoms with Crippen molar-refractivity contribution in [3.8, 4) is 5.75 Å². The molecule has 1 heterocycles. The van der Waals surface area contributed by atoms with Crippen LogP contribution in [0.2, 0.25) is 0 Å². The Morgan fingerprint density at radius 2 is 1.88 bits per heavy atom. The summed E-state index contributed by atoms with van der Waals surface area (Å²) in [5.74, 6) is -0.356. The van der Waals surface area contributed by atoms with Gasteiger partial charge < -0.3 is 14.7 Å². The summed E-state index contributed by atoms with van der Waals surface area (Å²) in [7, 11) is 1.64. The van der Waals surface area contributed by atoms with Gasteiger partial charge in [0.25, 0.3) is 0 Å². The minimum atomic E-state index is -0.838. The van der Waals surface area contributed by atoms with Crippen LogP contribution in [0.1, 0.15) is 31.7 Å². The Balaban J connectivity index is 1.81. The highest BCUT2D eigenvalue weighted by atomic mass is 16.5. The number of fused-ring (bicyclic) bond motifs is 1. The van der Waals surface area contributed by atoms with Crippen molar-refractivity contribution < 1.29 is 19.4 Å². The van der Waals surface area contributed by atoms with Gasteiger partial charge in [-0.3, -0.25) is 9.59 Å². The molecule has 0 spiro atoms. The highest BCUT2D eigenvalue weighted by Crippen LogP contribution is 2.33. The Labute approximate surface area is 147 Å². The monoisotopic (exact) mass is 341 g/mol. The molecule has 2 aromatic rings. The van der Waals surface area contributed by atoms with E-state index in [1.54, 1.807) is 18.9 Å². The summed E-state index contributed by atoms with van der Waals surface area (Å²) in [5, 5.41) is 11.4. The minimum absolute atomic E-state index is 0.0159. The number of benzene rings is 2. The van der Waals surface area contributed by atoms with E-state index in [0.29, 0.717) is 13.0 Å². The maximum absolute atomic E-state index is 12.8. The molecule has 25 heavy (non-hydrogen) atoms. The third-order valence-electron chi connectivity index (χ3n) is 5.24. The Hall–Kier alpha value is -2.56. The maximum atomic E-state index is 12.8. The van der Waals surface area contributed by atoms with E-state index in [2.05, 4.69) is 0 Å². The fraction of sp³-hybridized carbons (Fsp3) is 0.400. The van der Waals surface area contributed by atoms with Gasteiger partial charge in [-0.15, -0.1) is 0 Å². The second kappa shape index (κ2) is 6.39. The van der Waals surface area contributed by atoms with Crippen molar-refractivity contribution >= 4 is 22.6 Å². The van der Waals surface area contributed by atoms with Crippen LogP contribution in [0.4, 0.5) is 0 Å². The zero-order chi connectivity index (χ0) is 18.2. The second-order valence-electron chi connectivity index (χ2n) is 7.07. The molecule has 2 unspecified atom stereocenters. The Morgan fingerprint density at radius 1 is 1.20 bits per heavy atom. The molecule has 3 rings (SSSR count). The molecule has 2 atom stereocenters. The minimum Gasteiger partial charge on any atom is -0.497 e. The maximum Gasteiger partial charge on any atom is 0.311 e. The number of hydrogen-bond acceptors (Lipinski definition) is 3. The van der Waals surface area contributed by atoms with Crippen LogP contribution in [0.3, 0.4) is 0 Å². The van der Waals surface area contributed by atoms with Gasteiger partial charge in [-0.2, -0.15) is 0 Å². The van der Waals surface area contributed by atoms with Crippen LogP contribution in [-0.2, 0) is 9.59 Å². The smallest absolute Gasteiger partial charge is 0.311 e. The fourth-order valence-corrected chi connectivity index (χ4v) is 3.38. The molecular formula is C20H23NO4. The number of hydrogen-bond donors (Lipinski definition) is 1. The molecule has 0 aromatic heterocycles. The molecule has 1 saturated heterocycles. The predicted octanol–water partition coefficient (Wildman–Crippen LogP) is 3.28. The molecular weight excluding hydrogens is 318 g/mol. The molecule has 0 saturated carbocycles. The first-order valence-corrected chi connectivity index (χ1v) is 8.44. The first-order chi connectivity index (χ1) is 11.8. The first kappa shape index (κ1) is 17.3. The number of nitrogens with zero attached hydrogens (tertiary/aromatic N) is 1. The zero-order valence-corrected chi connectivity index (χ0v) is 14.8. The molecule has 5 nitrogen and oxygen atoms in total. The van der Waals surface area contributed by atoms with E-state index in [4.69, 9.17) is 4.74 Å². The standard InChI is InChI=1S/C20H23NO4/c1-13(18(22)21-9-8-20(2,12-21)19(23)24)14-4-5-16-11-17(25-3)7-6-15(16)10-14/h4-7,10-11,13H,8-9,12H2,1-3H3,(H,23,24). The molecule has 1 fully saturated rings. The SMILES string of the molecule is COc1ccc2cc(C(C)C(=O)N3CCC(C)(C(=O)O)C3)ccc2c1. The molecule has 0 aliphatic carbocycles. The van der Waals surface area contributed by atoms with Crippen molar-refractivity contribution in [3.63, 3.8) is 0 Å². The topological polar surface area (TPSA) is 66.8 Å². The number of rotatable bonds is 4. The molecule has 5 heteroatoms. The van der Waals surface area contributed by atoms with Crippen LogP contribution >= 0.6 is 0 Å². The van der Waals surface area contributed by atoms with E-state index in [1.807, 2.05) is 43.3 Å². The molecule has 0 bridgehead atoms. The average Bonchev–Trinajstić information content (AvgIpc) is 3.03. The van der Waals surface area contributed by atoms with Crippen LogP contribution in [0.25, 0.3) is 10.8 Å². The number of carbonyl (C=O) groups is 2. The Morgan fingerprint density at radius 3 is 2.52 bits per heavy atom. The lowest BCUT2D eigenvalue weighted by molar-refractivity contribution is -0.147. The van der Waals surface area contributed by atoms with Crippen molar-refractivity contribution in [3.05, 3.63) is 42.0 Å². The molecule has 1 aliphatic heterocycles. The molecule has 1 amide bonds. The summed E-state index contributed by atoms with van der Waals surface area (Å²) in [6, 6.07) is 11.8. The summed E-state index contributed by atoms with van der Waals surface area (Å²) in [6.45, 7) is 4.35. The van der Waals surface area contributed by atoms with Crippen molar-refractivity contribution in [2.75, 3.05) is 20.2 Å². The van der Waals surface area contributed by atoms with Gasteiger partial charge in [0.15, 0.2) is 0 Å². The van der Waals surface area contributed by atoms with Gasteiger partial charge in [-0.25, -0.2) is 0 Å². The van der Waals surface area contributed by atoms with E-state index < -0.39 is 11.4 Å². The van der Waals surface area contributed by atoms with E-state index in [9.17, 15) is 14.7 Å². The number of amides is 1. The second-order valence-corrected chi connectivity index (χ2v) is 7.07. The Bertz CT molecular complexity index is 832. The van der Waals surface area contributed by atoms with Crippen LogP contribution in [0, 0.1) is 5.41 Å². The predicted molar refractivity (Wildman–Crippen MR) is 95.9 cm³/mol. The van der Waals surface area contributed by atoms with E-state index >= 15 is 0 Å². The number of methoxy groups -OCH3 is 1. The number of aliphatic carboxylic acids is 1. The van der Waals surface area contributed by atoms with E-state index in [0.717, 1.165) is 22.1 Å². The van der Waals surface area contributed by atoms with Gasteiger partial charge in [0, 0.05) is 13.1 Å². The third-order valence-corrected chi connectivity index (χ3v) is 5.24. The van der Waals surface area contributed by atoms with Gasteiger partial charge >= 0.3 is 5.97 Å². The first-order valence-electron chi connectivity index (χ1n) is 8.44. The largest absolute Gasteiger partial charge is 0.497 e. The third kappa shape index (κ3) is 3.18. The van der Waals surface area contributed by atoms with E-state index in [1.165, 1.54) is 0 Å². The molecule has 0 radical (unpaired) electrons. The summed E-state index contributed by atoms with van der Waals surface area (Å²) in [5.41, 5.74) is 0.0987. The number of carbonyl (C=O) groups excluding carboxylic acids is 1. The molecule has 1 N–H and O–H groups in total. The summed E-state index contributed by atoms with van der Waals surface area (Å²) < 4.78 is 5.24. The van der Waals surface area contributed by atoms with E-state index in [-0.39, 0.29) is 18.4 Å². The molecule has 1 aliphatic rings. The van der Waals surface area contributed by atoms with Gasteiger partial charge in [-0.1, -0.05) is 24.3 Å². The number of ether oxygens (including phenoxy) is 1. The van der Waals surface area contributed by atoms with Gasteiger partial charge in [-0.05, 0) is 48.7 Å². The normalized spacial score (nSPS) is 21.3. The molecule has 132 valence electrons. The number of carboxylic acids is 1. The highest BCUT2D eigenvalue weighted by Gasteiger charge is 2.42. The Kier molecular flexibility index (Phi) is 4.41. The lowest BCUT2D eigenvalue weighted by Crippen LogP contribution is -2.36. The lowest BCUT2D eigenvalue weighted by Gasteiger charge is -2.23. The summed E-state index contributed by atoms with van der Waals surface area (Å²) in [4.78, 5) is 25.9. The average molecular weight is 341 g/mol. The zero-order valence-electron chi connectivity index (χ0n) is 14.8. The van der Waals surface area contributed by atoms with Crippen molar-refractivity contribution in [2.45, 2.75) is 26.2 Å². The van der Waals surface area contributed by atoms with Crippen LogP contribution < -0.4 is 4.74 Å². The number of carboxylic acid groups (broad SMARTS) is 1. The van der Waals surface area contributed by atoms with Crippen LogP contribution in [0.15, 0.2) is 36.4 Å². The van der Waals surface area contributed by atoms with Crippen LogP contribution in [-0.4, -0.2) is 42.1 Å². The van der Waals surface area contributed by atoms with Gasteiger partial charge in [0.1, 0.15) is 5.75 Å². The lowest BCUT2D eigenvalue weighted by atomic mass is 9.90. The highest BCUT2D eigenvalue weighted by molar-refractivity contribution is 5.89. The van der Waals surface area contributed by atoms with Crippen LogP contribution in [0.5, 0.6) is 5.75 Å². The van der Waals surface area contributed by atoms with Crippen molar-refractivity contribution in [2.24, 2.45) is 5.41 Å². The quantitative estimate of drug-likeness (QED) is 0.927. The molecule has 2 aromatic carbocycles. The van der Waals surface area contributed by atoms with Gasteiger partial charge in [0.2, 0.25) is 5.91 Å². The van der Waals surface area contributed by atoms with Crippen molar-refractivity contribution in [1.29, 1.82) is 0 Å². The number of likely N-dealkylation sites (tertiary alicyclic amines) is 1. The van der Waals surface area contributed by atoms with Crippen molar-refractivity contribution in [1.82, 2.24) is 4.90 Å².